The maximum atomic E-state index is 13.1. The van der Waals surface area contributed by atoms with Crippen LogP contribution in [0.1, 0.15) is 26.3 Å². The Morgan fingerprint density at radius 1 is 1.03 bits per heavy atom. The number of carbonyl (C=O) groups is 1. The van der Waals surface area contributed by atoms with Crippen LogP contribution in [0.3, 0.4) is 0 Å². The third kappa shape index (κ3) is 6.08. The fourth-order valence-corrected chi connectivity index (χ4v) is 5.60. The highest BCUT2D eigenvalue weighted by atomic mass is 32.2. The highest BCUT2D eigenvalue weighted by Crippen LogP contribution is 2.31. The monoisotopic (exact) mass is 488 g/mol. The van der Waals surface area contributed by atoms with E-state index in [-0.39, 0.29) is 17.4 Å². The van der Waals surface area contributed by atoms with Gasteiger partial charge in [0.1, 0.15) is 5.75 Å². The zero-order valence-electron chi connectivity index (χ0n) is 20.6. The molecule has 1 fully saturated rings. The summed E-state index contributed by atoms with van der Waals surface area (Å²) >= 11 is 0. The Balaban J connectivity index is 1.86. The molecule has 0 saturated carbocycles. The zero-order chi connectivity index (χ0) is 24.7. The van der Waals surface area contributed by atoms with Crippen LogP contribution in [0.2, 0.25) is 0 Å². The van der Waals surface area contributed by atoms with Crippen LogP contribution < -0.4 is 15.0 Å². The van der Waals surface area contributed by atoms with Crippen LogP contribution in [-0.2, 0) is 14.8 Å². The summed E-state index contributed by atoms with van der Waals surface area (Å²) in [6.45, 7) is 12.7. The van der Waals surface area contributed by atoms with Crippen LogP contribution in [-0.4, -0.2) is 76.0 Å². The molecule has 34 heavy (non-hydrogen) atoms. The fourth-order valence-electron chi connectivity index (χ4n) is 4.12. The van der Waals surface area contributed by atoms with Gasteiger partial charge in [-0.25, -0.2) is 8.42 Å². The number of aryl methyl sites for hydroxylation is 1. The maximum absolute atomic E-state index is 13.1. The van der Waals surface area contributed by atoms with Crippen molar-refractivity contribution in [3.63, 3.8) is 0 Å². The predicted octanol–water partition coefficient (Wildman–Crippen LogP) is 3.18. The number of nitrogens with one attached hydrogen (secondary N) is 1. The van der Waals surface area contributed by atoms with Gasteiger partial charge in [0.15, 0.2) is 6.61 Å². The van der Waals surface area contributed by atoms with Gasteiger partial charge in [-0.1, -0.05) is 39.0 Å². The van der Waals surface area contributed by atoms with Crippen molar-refractivity contribution in [2.75, 3.05) is 62.6 Å². The van der Waals surface area contributed by atoms with Crippen molar-refractivity contribution < 1.29 is 17.9 Å². The SMILES string of the molecule is CCN1CCN(c2ccc(S(=O)(=O)N(CC)CC)cc2NC(=O)COc2ccccc2C)CC1. The summed E-state index contributed by atoms with van der Waals surface area (Å²) in [5.74, 6) is 0.306. The van der Waals surface area contributed by atoms with Crippen LogP contribution in [0.15, 0.2) is 47.4 Å². The van der Waals surface area contributed by atoms with E-state index in [0.717, 1.165) is 44.0 Å². The van der Waals surface area contributed by atoms with E-state index < -0.39 is 10.0 Å². The predicted molar refractivity (Wildman–Crippen MR) is 136 cm³/mol. The number of para-hydroxylation sites is 1. The lowest BCUT2D eigenvalue weighted by atomic mass is 10.2. The maximum Gasteiger partial charge on any atom is 0.262 e. The number of anilines is 2. The molecule has 9 heteroatoms. The molecular formula is C25H36N4O4S. The molecule has 0 aromatic heterocycles. The first-order chi connectivity index (χ1) is 16.3. The van der Waals surface area contributed by atoms with Crippen molar-refractivity contribution in [1.82, 2.24) is 9.21 Å². The summed E-state index contributed by atoms with van der Waals surface area (Å²) in [4.78, 5) is 17.5. The Morgan fingerprint density at radius 2 is 1.71 bits per heavy atom. The van der Waals surface area contributed by atoms with Crippen LogP contribution in [0.5, 0.6) is 5.75 Å². The van der Waals surface area contributed by atoms with Gasteiger partial charge in [-0.2, -0.15) is 4.31 Å². The second kappa shape index (κ2) is 11.7. The third-order valence-corrected chi connectivity index (χ3v) is 8.24. The fraction of sp³-hybridized carbons (Fsp3) is 0.480. The molecule has 0 unspecified atom stereocenters. The highest BCUT2D eigenvalue weighted by Gasteiger charge is 2.25. The number of sulfonamides is 1. The summed E-state index contributed by atoms with van der Waals surface area (Å²) in [5, 5.41) is 2.91. The number of hydrogen-bond acceptors (Lipinski definition) is 6. The molecule has 0 spiro atoms. The minimum Gasteiger partial charge on any atom is -0.483 e. The van der Waals surface area contributed by atoms with Crippen LogP contribution in [0, 0.1) is 6.92 Å². The van der Waals surface area contributed by atoms with Crippen LogP contribution in [0.4, 0.5) is 11.4 Å². The van der Waals surface area contributed by atoms with Gasteiger partial charge in [0.2, 0.25) is 10.0 Å². The molecule has 1 saturated heterocycles. The summed E-state index contributed by atoms with van der Waals surface area (Å²) < 4.78 is 33.3. The molecule has 0 aliphatic carbocycles. The number of likely N-dealkylation sites (N-methyl/N-ethyl adjacent to an activating group) is 1. The van der Waals surface area contributed by atoms with Crippen LogP contribution in [0.25, 0.3) is 0 Å². The van der Waals surface area contributed by atoms with Crippen molar-refractivity contribution in [2.45, 2.75) is 32.6 Å². The van der Waals surface area contributed by atoms with Gasteiger partial charge in [-0.05, 0) is 43.3 Å². The summed E-state index contributed by atoms with van der Waals surface area (Å²) in [6, 6.07) is 12.5. The number of nitrogens with zero attached hydrogens (tertiary/aromatic N) is 3. The minimum atomic E-state index is -3.66. The van der Waals surface area contributed by atoms with Crippen molar-refractivity contribution in [3.05, 3.63) is 48.0 Å². The number of piperazine rings is 1. The summed E-state index contributed by atoms with van der Waals surface area (Å²) in [7, 11) is -3.66. The lowest BCUT2D eigenvalue weighted by Crippen LogP contribution is -2.46. The Kier molecular flexibility index (Phi) is 8.93. The molecule has 8 nitrogen and oxygen atoms in total. The largest absolute Gasteiger partial charge is 0.483 e. The van der Waals surface area contributed by atoms with Crippen molar-refractivity contribution in [1.29, 1.82) is 0 Å². The molecular weight excluding hydrogens is 452 g/mol. The number of amides is 1. The molecule has 1 N–H and O–H groups in total. The van der Waals surface area contributed by atoms with Crippen molar-refractivity contribution in [3.8, 4) is 5.75 Å². The first-order valence-corrected chi connectivity index (χ1v) is 13.3. The smallest absolute Gasteiger partial charge is 0.262 e. The topological polar surface area (TPSA) is 82.2 Å². The Hall–Kier alpha value is -2.62. The molecule has 3 rings (SSSR count). The van der Waals surface area contributed by atoms with Crippen LogP contribution >= 0.6 is 0 Å². The number of rotatable bonds is 10. The van der Waals surface area contributed by atoms with E-state index >= 15 is 0 Å². The summed E-state index contributed by atoms with van der Waals surface area (Å²) in [5.41, 5.74) is 2.24. The van der Waals surface area contributed by atoms with E-state index in [0.29, 0.717) is 24.5 Å². The molecule has 1 heterocycles. The van der Waals surface area contributed by atoms with Gasteiger partial charge < -0.3 is 19.9 Å². The van der Waals surface area contributed by atoms with E-state index in [9.17, 15) is 13.2 Å². The molecule has 0 radical (unpaired) electrons. The highest BCUT2D eigenvalue weighted by molar-refractivity contribution is 7.89. The first kappa shape index (κ1) is 26.0. The molecule has 0 atom stereocenters. The number of benzene rings is 2. The molecule has 186 valence electrons. The first-order valence-electron chi connectivity index (χ1n) is 11.9. The number of carbonyl (C=O) groups excluding carboxylic acids is 1. The lowest BCUT2D eigenvalue weighted by Gasteiger charge is -2.36. The molecule has 0 bridgehead atoms. The Labute approximate surface area is 203 Å². The number of ether oxygens (including phenoxy) is 1. The standard InChI is InChI=1S/C25H36N4O4S/c1-5-27-14-16-28(17-15-27)23-13-12-21(34(31,32)29(6-2)7-3)18-22(23)26-25(30)19-33-24-11-9-8-10-20(24)4/h8-13,18H,5-7,14-17,19H2,1-4H3,(H,26,30). The van der Waals surface area contributed by atoms with Gasteiger partial charge in [-0.3, -0.25) is 4.79 Å². The molecule has 2 aromatic carbocycles. The quantitative estimate of drug-likeness (QED) is 0.553. The Bertz CT molecular complexity index is 1080. The molecule has 2 aromatic rings. The number of hydrogen-bond donors (Lipinski definition) is 1. The molecule has 1 aliphatic heterocycles. The second-order valence-corrected chi connectivity index (χ2v) is 10.2. The van der Waals surface area contributed by atoms with Crippen molar-refractivity contribution in [2.24, 2.45) is 0 Å². The normalized spacial score (nSPS) is 14.9. The van der Waals surface area contributed by atoms with Gasteiger partial charge in [0.25, 0.3) is 5.91 Å². The van der Waals surface area contributed by atoms with E-state index in [1.54, 1.807) is 18.2 Å². The van der Waals surface area contributed by atoms with Gasteiger partial charge >= 0.3 is 0 Å². The van der Waals surface area contributed by atoms with Gasteiger partial charge in [0, 0.05) is 39.3 Å². The molecule has 1 aliphatic rings. The van der Waals surface area contributed by atoms with Gasteiger partial charge in [-0.15, -0.1) is 0 Å². The lowest BCUT2D eigenvalue weighted by molar-refractivity contribution is -0.118. The van der Waals surface area contributed by atoms with Crippen molar-refractivity contribution >= 4 is 27.3 Å². The van der Waals surface area contributed by atoms with E-state index in [4.69, 9.17) is 4.74 Å². The zero-order valence-corrected chi connectivity index (χ0v) is 21.4. The summed E-state index contributed by atoms with van der Waals surface area (Å²) in [6.07, 6.45) is 0. The van der Waals surface area contributed by atoms with E-state index in [1.807, 2.05) is 45.0 Å². The minimum absolute atomic E-state index is 0.166. The Morgan fingerprint density at radius 3 is 2.32 bits per heavy atom. The average Bonchev–Trinajstić information content (AvgIpc) is 2.84. The van der Waals surface area contributed by atoms with E-state index in [2.05, 4.69) is 22.0 Å². The average molecular weight is 489 g/mol. The third-order valence-electron chi connectivity index (χ3n) is 6.20. The molecule has 1 amide bonds. The van der Waals surface area contributed by atoms with E-state index in [1.165, 1.54) is 4.31 Å². The van der Waals surface area contributed by atoms with Gasteiger partial charge in [0.05, 0.1) is 16.3 Å². The second-order valence-electron chi connectivity index (χ2n) is 8.29.